The fraction of sp³-hybridized carbons (Fsp3) is 0.368. The largest absolute Gasteiger partial charge is 0.461 e. The van der Waals surface area contributed by atoms with E-state index in [1.54, 1.807) is 17.0 Å². The third-order valence-electron chi connectivity index (χ3n) is 5.11. The lowest BCUT2D eigenvalue weighted by Crippen LogP contribution is -3.10. The van der Waals surface area contributed by atoms with E-state index in [4.69, 9.17) is 10.2 Å². The summed E-state index contributed by atoms with van der Waals surface area (Å²) < 4.78 is 9.25. The molecular formula is C19H24N4O2+2. The second-order valence-electron chi connectivity index (χ2n) is 6.69. The van der Waals surface area contributed by atoms with Crippen molar-refractivity contribution < 1.29 is 18.7 Å². The van der Waals surface area contributed by atoms with E-state index in [0.29, 0.717) is 11.7 Å². The number of Topliss-reactive ketones (excluding diaryl/α,β-unsaturated/α-hetero) is 1. The van der Waals surface area contributed by atoms with Gasteiger partial charge in [0.25, 0.3) is 0 Å². The topological polar surface area (TPSA) is 69.5 Å². The average molecular weight is 340 g/mol. The van der Waals surface area contributed by atoms with Crippen molar-refractivity contribution in [2.75, 3.05) is 25.4 Å². The maximum atomic E-state index is 12.5. The van der Waals surface area contributed by atoms with Gasteiger partial charge in [-0.05, 0) is 24.3 Å². The first kappa shape index (κ1) is 15.9. The van der Waals surface area contributed by atoms with Gasteiger partial charge in [-0.15, -0.1) is 0 Å². The van der Waals surface area contributed by atoms with Crippen LogP contribution in [0.1, 0.15) is 23.4 Å². The minimum atomic E-state index is -0.0743. The van der Waals surface area contributed by atoms with Gasteiger partial charge in [0.1, 0.15) is 30.7 Å². The van der Waals surface area contributed by atoms with Gasteiger partial charge in [0, 0.05) is 12.8 Å². The van der Waals surface area contributed by atoms with Crippen LogP contribution in [0.15, 0.2) is 47.1 Å². The summed E-state index contributed by atoms with van der Waals surface area (Å²) in [5.74, 6) is 0.916. The zero-order chi connectivity index (χ0) is 17.2. The smallest absolute Gasteiger partial charge is 0.356 e. The highest BCUT2D eigenvalue weighted by molar-refractivity contribution is 5.92. The van der Waals surface area contributed by atoms with Gasteiger partial charge in [0.15, 0.2) is 5.76 Å². The molecule has 6 nitrogen and oxygen atoms in total. The Kier molecular flexibility index (Phi) is 4.28. The number of hydrogen-bond acceptors (Lipinski definition) is 3. The fourth-order valence-corrected chi connectivity index (χ4v) is 3.77. The zero-order valence-electron chi connectivity index (χ0n) is 14.3. The number of aromatic nitrogens is 2. The van der Waals surface area contributed by atoms with Crippen LogP contribution >= 0.6 is 0 Å². The van der Waals surface area contributed by atoms with E-state index in [-0.39, 0.29) is 12.3 Å². The Hall–Kier alpha value is -2.60. The maximum absolute atomic E-state index is 12.5. The number of fused-ring (bicyclic) bond motifs is 1. The molecule has 3 heterocycles. The first-order valence-corrected chi connectivity index (χ1v) is 8.91. The molecule has 0 atom stereocenters. The average Bonchev–Trinajstić information content (AvgIpc) is 3.36. The molecule has 25 heavy (non-hydrogen) atoms. The van der Waals surface area contributed by atoms with Crippen molar-refractivity contribution in [3.05, 3.63) is 48.4 Å². The van der Waals surface area contributed by atoms with Crippen molar-refractivity contribution in [2.45, 2.75) is 25.9 Å². The van der Waals surface area contributed by atoms with E-state index in [9.17, 15) is 4.79 Å². The Labute approximate surface area is 146 Å². The number of anilines is 1. The highest BCUT2D eigenvalue weighted by Crippen LogP contribution is 2.16. The lowest BCUT2D eigenvalue weighted by molar-refractivity contribution is -0.888. The normalized spacial score (nSPS) is 15.2. The van der Waals surface area contributed by atoms with Crippen molar-refractivity contribution in [1.29, 1.82) is 0 Å². The standard InChI is InChI=1S/C19H22N4O2/c20-19-22(12-11-21-9-3-4-10-21)15-6-1-2-7-16(15)23(19)14-17(24)18-8-5-13-25-18/h1-2,5-8,13,20H,3-4,9-12,14H2/p+2. The molecule has 0 radical (unpaired) electrons. The molecule has 3 N–H and O–H groups in total. The summed E-state index contributed by atoms with van der Waals surface area (Å²) in [6.07, 6.45) is 4.15. The Morgan fingerprint density at radius 2 is 2.00 bits per heavy atom. The SMILES string of the molecule is Nc1n(CC[NH+]2CCCC2)c2ccccc2[n+]1CC(=O)c1ccco1. The summed E-state index contributed by atoms with van der Waals surface area (Å²) in [7, 11) is 0. The summed E-state index contributed by atoms with van der Waals surface area (Å²) in [6, 6.07) is 11.5. The highest BCUT2D eigenvalue weighted by Gasteiger charge is 2.25. The number of carbonyl (C=O) groups excluding carboxylic acids is 1. The number of nitrogen functional groups attached to an aromatic ring is 1. The van der Waals surface area contributed by atoms with E-state index in [1.165, 1.54) is 32.2 Å². The summed E-state index contributed by atoms with van der Waals surface area (Å²) >= 11 is 0. The van der Waals surface area contributed by atoms with Gasteiger partial charge in [-0.3, -0.25) is 10.5 Å². The number of carbonyl (C=O) groups is 1. The molecule has 3 aromatic rings. The number of imidazole rings is 1. The fourth-order valence-electron chi connectivity index (χ4n) is 3.77. The number of quaternary nitrogens is 1. The molecule has 6 heteroatoms. The first-order chi connectivity index (χ1) is 12.2. The molecule has 1 aliphatic heterocycles. The zero-order valence-corrected chi connectivity index (χ0v) is 14.3. The Morgan fingerprint density at radius 1 is 1.20 bits per heavy atom. The molecule has 0 unspecified atom stereocenters. The summed E-state index contributed by atoms with van der Waals surface area (Å²) in [5, 5.41) is 0. The molecule has 0 saturated carbocycles. The monoisotopic (exact) mass is 340 g/mol. The predicted molar refractivity (Wildman–Crippen MR) is 94.4 cm³/mol. The first-order valence-electron chi connectivity index (χ1n) is 8.91. The van der Waals surface area contributed by atoms with E-state index < -0.39 is 0 Å². The molecule has 1 fully saturated rings. The Bertz CT molecular complexity index is 876. The maximum Gasteiger partial charge on any atom is 0.356 e. The molecule has 2 aromatic heterocycles. The van der Waals surface area contributed by atoms with Gasteiger partial charge >= 0.3 is 5.95 Å². The number of ketones is 1. The van der Waals surface area contributed by atoms with Crippen LogP contribution in [0, 0.1) is 0 Å². The number of nitrogens with two attached hydrogens (primary N) is 1. The third-order valence-corrected chi connectivity index (χ3v) is 5.11. The Balaban J connectivity index is 1.64. The number of nitrogens with one attached hydrogen (secondary N) is 1. The van der Waals surface area contributed by atoms with E-state index in [1.807, 2.05) is 22.8 Å². The van der Waals surface area contributed by atoms with Crippen LogP contribution in [0.2, 0.25) is 0 Å². The van der Waals surface area contributed by atoms with Crippen LogP contribution in [-0.4, -0.2) is 30.0 Å². The van der Waals surface area contributed by atoms with Crippen molar-refractivity contribution >= 4 is 22.8 Å². The van der Waals surface area contributed by atoms with Crippen molar-refractivity contribution in [1.82, 2.24) is 4.57 Å². The number of para-hydroxylation sites is 2. The van der Waals surface area contributed by atoms with Crippen LogP contribution in [0.3, 0.4) is 0 Å². The van der Waals surface area contributed by atoms with Gasteiger partial charge in [0.05, 0.1) is 19.4 Å². The molecule has 1 saturated heterocycles. The quantitative estimate of drug-likeness (QED) is 0.512. The Morgan fingerprint density at radius 3 is 2.76 bits per heavy atom. The van der Waals surface area contributed by atoms with Gasteiger partial charge in [-0.25, -0.2) is 9.13 Å². The van der Waals surface area contributed by atoms with Crippen molar-refractivity contribution in [2.24, 2.45) is 0 Å². The van der Waals surface area contributed by atoms with Crippen molar-refractivity contribution in [3.63, 3.8) is 0 Å². The lowest BCUT2D eigenvalue weighted by atomic mass is 10.3. The number of likely N-dealkylation sites (tertiary alicyclic amines) is 1. The molecule has 130 valence electrons. The van der Waals surface area contributed by atoms with E-state index in [2.05, 4.69) is 10.6 Å². The van der Waals surface area contributed by atoms with Crippen LogP contribution < -0.4 is 15.2 Å². The molecule has 4 rings (SSSR count). The lowest BCUT2D eigenvalue weighted by Gasteiger charge is -2.11. The number of nitrogens with zero attached hydrogens (tertiary/aromatic N) is 2. The minimum Gasteiger partial charge on any atom is -0.461 e. The summed E-state index contributed by atoms with van der Waals surface area (Å²) in [4.78, 5) is 14.1. The highest BCUT2D eigenvalue weighted by atomic mass is 16.3. The molecular weight excluding hydrogens is 316 g/mol. The minimum absolute atomic E-state index is 0.0743. The molecule has 0 aliphatic carbocycles. The molecule has 0 spiro atoms. The molecule has 1 aromatic carbocycles. The summed E-state index contributed by atoms with van der Waals surface area (Å²) in [5.41, 5.74) is 8.49. The van der Waals surface area contributed by atoms with Gasteiger partial charge < -0.3 is 9.32 Å². The third kappa shape index (κ3) is 3.05. The van der Waals surface area contributed by atoms with Crippen LogP contribution in [0.4, 0.5) is 5.95 Å². The molecule has 0 bridgehead atoms. The second-order valence-corrected chi connectivity index (χ2v) is 6.69. The van der Waals surface area contributed by atoms with E-state index in [0.717, 1.165) is 24.1 Å². The predicted octanol–water partition coefficient (Wildman–Crippen LogP) is 0.666. The van der Waals surface area contributed by atoms with Gasteiger partial charge in [-0.2, -0.15) is 0 Å². The summed E-state index contributed by atoms with van der Waals surface area (Å²) in [6.45, 7) is 4.61. The van der Waals surface area contributed by atoms with Crippen LogP contribution in [0.5, 0.6) is 0 Å². The number of furan rings is 1. The number of rotatable bonds is 6. The number of hydrogen-bond donors (Lipinski definition) is 2. The second kappa shape index (κ2) is 6.72. The van der Waals surface area contributed by atoms with E-state index >= 15 is 0 Å². The van der Waals surface area contributed by atoms with Gasteiger partial charge in [0.2, 0.25) is 5.78 Å². The molecule has 0 amide bonds. The van der Waals surface area contributed by atoms with Gasteiger partial charge in [-0.1, -0.05) is 12.1 Å². The van der Waals surface area contributed by atoms with Crippen molar-refractivity contribution in [3.8, 4) is 0 Å². The van der Waals surface area contributed by atoms with Crippen LogP contribution in [0.25, 0.3) is 11.0 Å². The van der Waals surface area contributed by atoms with Crippen LogP contribution in [-0.2, 0) is 13.1 Å². The molecule has 1 aliphatic rings. The number of benzene rings is 1.